The predicted molar refractivity (Wildman–Crippen MR) is 84.7 cm³/mol. The van der Waals surface area contributed by atoms with Gasteiger partial charge in [0.15, 0.2) is 0 Å². The van der Waals surface area contributed by atoms with Crippen molar-refractivity contribution in [2.45, 2.75) is 31.5 Å². The number of fused-ring (bicyclic) bond motifs is 1. The largest absolute Gasteiger partial charge is 0.484 e. The molecule has 1 fully saturated rings. The molecule has 2 aliphatic rings. The zero-order valence-corrected chi connectivity index (χ0v) is 12.6. The van der Waals surface area contributed by atoms with Crippen LogP contribution in [0.1, 0.15) is 30.1 Å². The van der Waals surface area contributed by atoms with Crippen LogP contribution in [0.2, 0.25) is 5.02 Å². The highest BCUT2D eigenvalue weighted by Crippen LogP contribution is 2.36. The monoisotopic (exact) mass is 299 g/mol. The van der Waals surface area contributed by atoms with Crippen molar-refractivity contribution in [1.82, 2.24) is 4.90 Å². The van der Waals surface area contributed by atoms with Crippen LogP contribution in [-0.2, 0) is 6.54 Å². The van der Waals surface area contributed by atoms with E-state index in [9.17, 15) is 0 Å². The minimum atomic E-state index is 0.0755. The number of halogens is 1. The molecule has 2 aromatic carbocycles. The number of benzene rings is 2. The maximum absolute atomic E-state index is 6.31. The molecule has 0 aromatic heterocycles. The summed E-state index contributed by atoms with van der Waals surface area (Å²) in [4.78, 5) is 2.56. The van der Waals surface area contributed by atoms with Crippen LogP contribution in [0.3, 0.4) is 0 Å². The van der Waals surface area contributed by atoms with E-state index in [1.165, 1.54) is 24.0 Å². The molecule has 1 aliphatic heterocycles. The second kappa shape index (κ2) is 5.36. The normalized spacial score (nSPS) is 22.2. The van der Waals surface area contributed by atoms with E-state index in [-0.39, 0.29) is 6.10 Å². The fourth-order valence-electron chi connectivity index (χ4n) is 3.01. The first-order valence-electron chi connectivity index (χ1n) is 7.54. The van der Waals surface area contributed by atoms with Crippen molar-refractivity contribution in [1.29, 1.82) is 0 Å². The zero-order valence-electron chi connectivity index (χ0n) is 11.8. The molecule has 0 spiro atoms. The van der Waals surface area contributed by atoms with Crippen molar-refractivity contribution in [2.75, 3.05) is 6.54 Å². The maximum Gasteiger partial charge on any atom is 0.136 e. The minimum absolute atomic E-state index is 0.0755. The molecule has 2 nitrogen and oxygen atoms in total. The Bertz CT molecular complexity index is 636. The number of hydrogen-bond acceptors (Lipinski definition) is 2. The fourth-order valence-corrected chi connectivity index (χ4v) is 3.13. The molecule has 0 saturated heterocycles. The summed E-state index contributed by atoms with van der Waals surface area (Å²) in [6.07, 6.45) is 2.71. The molecule has 1 atom stereocenters. The van der Waals surface area contributed by atoms with Gasteiger partial charge in [-0.3, -0.25) is 4.90 Å². The molecule has 0 N–H and O–H groups in total. The predicted octanol–water partition coefficient (Wildman–Crippen LogP) is 4.44. The van der Waals surface area contributed by atoms with Crippen LogP contribution in [0.25, 0.3) is 0 Å². The van der Waals surface area contributed by atoms with Gasteiger partial charge in [-0.1, -0.05) is 41.9 Å². The third-order valence-corrected chi connectivity index (χ3v) is 4.57. The Morgan fingerprint density at radius 1 is 1.00 bits per heavy atom. The quantitative estimate of drug-likeness (QED) is 0.813. The van der Waals surface area contributed by atoms with Gasteiger partial charge in [0.05, 0.1) is 0 Å². The van der Waals surface area contributed by atoms with E-state index >= 15 is 0 Å². The van der Waals surface area contributed by atoms with Crippen LogP contribution >= 0.6 is 11.6 Å². The third kappa shape index (κ3) is 2.78. The molecular weight excluding hydrogens is 282 g/mol. The number of rotatable bonds is 2. The highest BCUT2D eigenvalue weighted by molar-refractivity contribution is 6.30. The van der Waals surface area contributed by atoms with Crippen LogP contribution in [-0.4, -0.2) is 17.5 Å². The lowest BCUT2D eigenvalue weighted by atomic mass is 10.1. The van der Waals surface area contributed by atoms with Gasteiger partial charge >= 0.3 is 0 Å². The second-order valence-corrected chi connectivity index (χ2v) is 6.36. The fraction of sp³-hybridized carbons (Fsp3) is 0.333. The first-order valence-corrected chi connectivity index (χ1v) is 7.91. The number of para-hydroxylation sites is 1. The molecular formula is C18H18ClNO. The maximum atomic E-state index is 6.31. The molecule has 0 bridgehead atoms. The molecule has 1 saturated carbocycles. The molecule has 3 heteroatoms. The van der Waals surface area contributed by atoms with Crippen LogP contribution in [0.4, 0.5) is 0 Å². The van der Waals surface area contributed by atoms with Gasteiger partial charge in [-0.05, 0) is 36.6 Å². The molecule has 0 amide bonds. The molecule has 1 aliphatic carbocycles. The standard InChI is InChI=1S/C18H18ClNO/c19-15-7-5-13(6-8-15)18-12-20(16-9-10-16)11-14-3-1-2-4-17(14)21-18/h1-8,16,18H,9-12H2. The van der Waals surface area contributed by atoms with Gasteiger partial charge in [0.1, 0.15) is 11.9 Å². The molecule has 1 heterocycles. The van der Waals surface area contributed by atoms with Crippen molar-refractivity contribution in [3.05, 3.63) is 64.7 Å². The number of hydrogen-bond donors (Lipinski definition) is 0. The molecule has 2 aromatic rings. The number of nitrogens with zero attached hydrogens (tertiary/aromatic N) is 1. The van der Waals surface area contributed by atoms with Gasteiger partial charge in [-0.25, -0.2) is 0 Å². The average Bonchev–Trinajstić information content (AvgIpc) is 3.33. The van der Waals surface area contributed by atoms with Gasteiger partial charge in [0.25, 0.3) is 0 Å². The first kappa shape index (κ1) is 13.2. The second-order valence-electron chi connectivity index (χ2n) is 5.93. The molecule has 1 unspecified atom stereocenters. The van der Waals surface area contributed by atoms with Gasteiger partial charge in [-0.15, -0.1) is 0 Å². The van der Waals surface area contributed by atoms with E-state index in [2.05, 4.69) is 35.2 Å². The van der Waals surface area contributed by atoms with Gasteiger partial charge < -0.3 is 4.74 Å². The van der Waals surface area contributed by atoms with Crippen LogP contribution in [0.5, 0.6) is 5.75 Å². The van der Waals surface area contributed by atoms with E-state index in [0.29, 0.717) is 0 Å². The summed E-state index contributed by atoms with van der Waals surface area (Å²) in [7, 11) is 0. The Labute approximate surface area is 130 Å². The van der Waals surface area contributed by atoms with Crippen molar-refractivity contribution in [2.24, 2.45) is 0 Å². The summed E-state index contributed by atoms with van der Waals surface area (Å²) < 4.78 is 6.31. The molecule has 21 heavy (non-hydrogen) atoms. The molecule has 0 radical (unpaired) electrons. The van der Waals surface area contributed by atoms with E-state index in [0.717, 1.165) is 29.9 Å². The van der Waals surface area contributed by atoms with Crippen LogP contribution in [0, 0.1) is 0 Å². The topological polar surface area (TPSA) is 12.5 Å². The third-order valence-electron chi connectivity index (χ3n) is 4.32. The first-order chi connectivity index (χ1) is 10.3. The average molecular weight is 300 g/mol. The van der Waals surface area contributed by atoms with Crippen molar-refractivity contribution >= 4 is 11.6 Å². The Balaban J connectivity index is 1.68. The van der Waals surface area contributed by atoms with Crippen molar-refractivity contribution in [3.8, 4) is 5.75 Å². The van der Waals surface area contributed by atoms with Gasteiger partial charge in [0.2, 0.25) is 0 Å². The van der Waals surface area contributed by atoms with E-state index in [1.54, 1.807) is 0 Å². The summed E-state index contributed by atoms with van der Waals surface area (Å²) in [5.74, 6) is 1.01. The van der Waals surface area contributed by atoms with Crippen molar-refractivity contribution < 1.29 is 4.74 Å². The van der Waals surface area contributed by atoms with E-state index in [4.69, 9.17) is 16.3 Å². The summed E-state index contributed by atoms with van der Waals surface area (Å²) in [5, 5.41) is 0.770. The van der Waals surface area contributed by atoms with E-state index in [1.807, 2.05) is 18.2 Å². The summed E-state index contributed by atoms with van der Waals surface area (Å²) in [6, 6.07) is 17.2. The van der Waals surface area contributed by atoms with Crippen LogP contribution in [0.15, 0.2) is 48.5 Å². The number of ether oxygens (including phenoxy) is 1. The Morgan fingerprint density at radius 3 is 2.52 bits per heavy atom. The SMILES string of the molecule is Clc1ccc(C2CN(C3CC3)Cc3ccccc3O2)cc1. The summed E-state index contributed by atoms with van der Waals surface area (Å²) >= 11 is 6.00. The Hall–Kier alpha value is -1.51. The molecule has 4 rings (SSSR count). The Kier molecular flexibility index (Phi) is 3.36. The zero-order chi connectivity index (χ0) is 14.2. The molecule has 108 valence electrons. The lowest BCUT2D eigenvalue weighted by Gasteiger charge is -2.24. The van der Waals surface area contributed by atoms with Gasteiger partial charge in [-0.2, -0.15) is 0 Å². The summed E-state index contributed by atoms with van der Waals surface area (Å²) in [5.41, 5.74) is 2.49. The highest BCUT2D eigenvalue weighted by Gasteiger charge is 2.34. The van der Waals surface area contributed by atoms with Crippen molar-refractivity contribution in [3.63, 3.8) is 0 Å². The lowest BCUT2D eigenvalue weighted by molar-refractivity contribution is 0.143. The van der Waals surface area contributed by atoms with Gasteiger partial charge in [0, 0.05) is 29.7 Å². The lowest BCUT2D eigenvalue weighted by Crippen LogP contribution is -2.30. The Morgan fingerprint density at radius 2 is 1.76 bits per heavy atom. The highest BCUT2D eigenvalue weighted by atomic mass is 35.5. The smallest absolute Gasteiger partial charge is 0.136 e. The van der Waals surface area contributed by atoms with E-state index < -0.39 is 0 Å². The minimum Gasteiger partial charge on any atom is -0.484 e. The summed E-state index contributed by atoms with van der Waals surface area (Å²) in [6.45, 7) is 1.94. The van der Waals surface area contributed by atoms with Crippen LogP contribution < -0.4 is 4.74 Å².